The highest BCUT2D eigenvalue weighted by Gasteiger charge is 2.38. The van der Waals surface area contributed by atoms with E-state index in [1.165, 1.54) is 0 Å². The van der Waals surface area contributed by atoms with Gasteiger partial charge in [-0.15, -0.1) is 0 Å². The van der Waals surface area contributed by atoms with E-state index in [0.717, 1.165) is 12.8 Å². The fraction of sp³-hybridized carbons (Fsp3) is 0.900. The predicted molar refractivity (Wildman–Crippen MR) is 48.6 cm³/mol. The first kappa shape index (κ1) is 9.93. The molecular weight excluding hydrogens is 184 g/mol. The maximum atomic E-state index is 11.0. The van der Waals surface area contributed by atoms with Gasteiger partial charge in [-0.05, 0) is 13.3 Å². The van der Waals surface area contributed by atoms with E-state index in [2.05, 4.69) is 0 Å². The number of carbonyl (C=O) groups is 1. The largest absolute Gasteiger partial charge is 0.465 e. The Morgan fingerprint density at radius 3 is 3.21 bits per heavy atom. The molecule has 0 aromatic carbocycles. The Labute approximate surface area is 83.5 Å². The Morgan fingerprint density at radius 1 is 1.57 bits per heavy atom. The fourth-order valence-corrected chi connectivity index (χ4v) is 2.07. The minimum Gasteiger partial charge on any atom is -0.465 e. The number of hydrogen-bond acceptors (Lipinski definition) is 4. The van der Waals surface area contributed by atoms with Crippen LogP contribution in [0.5, 0.6) is 0 Å². The molecule has 0 aromatic rings. The van der Waals surface area contributed by atoms with Crippen molar-refractivity contribution in [1.82, 2.24) is 0 Å². The summed E-state index contributed by atoms with van der Waals surface area (Å²) in [6.45, 7) is 3.12. The normalized spacial score (nSPS) is 37.5. The third-order valence-corrected chi connectivity index (χ3v) is 2.79. The highest BCUT2D eigenvalue weighted by atomic mass is 16.7. The second kappa shape index (κ2) is 4.28. The van der Waals surface area contributed by atoms with E-state index >= 15 is 0 Å². The molecule has 0 N–H and O–H groups in total. The molecule has 4 heteroatoms. The van der Waals surface area contributed by atoms with Crippen LogP contribution in [0.4, 0.5) is 0 Å². The average Bonchev–Trinajstić information content (AvgIpc) is 2.47. The summed E-state index contributed by atoms with van der Waals surface area (Å²) in [7, 11) is 0. The van der Waals surface area contributed by atoms with Crippen molar-refractivity contribution in [2.75, 3.05) is 13.2 Å². The van der Waals surface area contributed by atoms with E-state index < -0.39 is 0 Å². The molecule has 80 valence electrons. The number of hydrogen-bond donors (Lipinski definition) is 0. The third-order valence-electron chi connectivity index (χ3n) is 2.79. The van der Waals surface area contributed by atoms with Gasteiger partial charge in [-0.2, -0.15) is 0 Å². The van der Waals surface area contributed by atoms with Crippen LogP contribution in [0.1, 0.15) is 26.2 Å². The molecule has 14 heavy (non-hydrogen) atoms. The van der Waals surface area contributed by atoms with E-state index in [1.54, 1.807) is 0 Å². The van der Waals surface area contributed by atoms with Gasteiger partial charge in [0, 0.05) is 25.4 Å². The minimum absolute atomic E-state index is 0.0909. The molecule has 0 saturated carbocycles. The van der Waals surface area contributed by atoms with Gasteiger partial charge in [0.25, 0.3) is 0 Å². The summed E-state index contributed by atoms with van der Waals surface area (Å²) in [5.74, 6) is 0.231. The molecule has 2 saturated heterocycles. The van der Waals surface area contributed by atoms with Crippen LogP contribution in [0.3, 0.4) is 0 Å². The van der Waals surface area contributed by atoms with Crippen LogP contribution in [0.25, 0.3) is 0 Å². The lowest BCUT2D eigenvalue weighted by molar-refractivity contribution is -0.145. The molecule has 0 unspecified atom stereocenters. The Balaban J connectivity index is 1.90. The zero-order valence-corrected chi connectivity index (χ0v) is 8.40. The molecule has 4 nitrogen and oxygen atoms in total. The molecule has 2 aliphatic heterocycles. The first-order valence-electron chi connectivity index (χ1n) is 5.22. The van der Waals surface area contributed by atoms with Crippen molar-refractivity contribution in [3.63, 3.8) is 0 Å². The lowest BCUT2D eigenvalue weighted by Gasteiger charge is -2.12. The molecule has 3 atom stereocenters. The van der Waals surface area contributed by atoms with Gasteiger partial charge in [-0.25, -0.2) is 0 Å². The summed E-state index contributed by atoms with van der Waals surface area (Å²) in [5, 5.41) is 0. The number of rotatable bonds is 2. The predicted octanol–water partition coefficient (Wildman–Crippen LogP) is 1.09. The van der Waals surface area contributed by atoms with Crippen LogP contribution in [-0.4, -0.2) is 31.6 Å². The molecule has 0 aromatic heterocycles. The zero-order chi connectivity index (χ0) is 9.97. The molecule has 0 spiro atoms. The van der Waals surface area contributed by atoms with E-state index in [9.17, 15) is 4.79 Å². The average molecular weight is 200 g/mol. The first-order valence-corrected chi connectivity index (χ1v) is 5.22. The number of cyclic esters (lactones) is 1. The standard InChI is InChI=1S/C10H16O4/c1-2-12-10-5-7-6-13-9(11)4-3-8(7)14-10/h7-8,10H,2-6H2,1H3/t7-,8-,10+/m1/s1. The second-order valence-electron chi connectivity index (χ2n) is 3.78. The third kappa shape index (κ3) is 2.07. The van der Waals surface area contributed by atoms with Gasteiger partial charge in [0.2, 0.25) is 0 Å². The van der Waals surface area contributed by atoms with Crippen LogP contribution in [0.15, 0.2) is 0 Å². The molecule has 2 rings (SSSR count). The van der Waals surface area contributed by atoms with Crippen LogP contribution in [-0.2, 0) is 19.0 Å². The number of ether oxygens (including phenoxy) is 3. The Kier molecular flexibility index (Phi) is 3.03. The number of esters is 1. The molecule has 2 aliphatic rings. The maximum Gasteiger partial charge on any atom is 0.305 e. The second-order valence-corrected chi connectivity index (χ2v) is 3.78. The fourth-order valence-electron chi connectivity index (χ4n) is 2.07. The molecule has 0 radical (unpaired) electrons. The number of fused-ring (bicyclic) bond motifs is 1. The topological polar surface area (TPSA) is 44.8 Å². The van der Waals surface area contributed by atoms with Crippen molar-refractivity contribution in [3.05, 3.63) is 0 Å². The Bertz CT molecular complexity index is 198. The van der Waals surface area contributed by atoms with E-state index in [-0.39, 0.29) is 18.4 Å². The highest BCUT2D eigenvalue weighted by Crippen LogP contribution is 2.32. The van der Waals surface area contributed by atoms with E-state index in [1.807, 2.05) is 6.92 Å². The first-order chi connectivity index (χ1) is 6.79. The van der Waals surface area contributed by atoms with Crippen molar-refractivity contribution >= 4 is 5.97 Å². The molecule has 0 aliphatic carbocycles. The van der Waals surface area contributed by atoms with Gasteiger partial charge in [-0.3, -0.25) is 4.79 Å². The Hall–Kier alpha value is -0.610. The van der Waals surface area contributed by atoms with Crippen molar-refractivity contribution in [1.29, 1.82) is 0 Å². The molecule has 2 heterocycles. The van der Waals surface area contributed by atoms with Crippen molar-refractivity contribution in [3.8, 4) is 0 Å². The van der Waals surface area contributed by atoms with Crippen molar-refractivity contribution in [2.45, 2.75) is 38.6 Å². The lowest BCUT2D eigenvalue weighted by Crippen LogP contribution is -2.17. The zero-order valence-electron chi connectivity index (χ0n) is 8.40. The SMILES string of the molecule is CCO[C@@H]1C[C@@H]2COC(=O)CC[C@H]2O1. The maximum absolute atomic E-state index is 11.0. The monoisotopic (exact) mass is 200 g/mol. The molecule has 2 fully saturated rings. The highest BCUT2D eigenvalue weighted by molar-refractivity contribution is 5.69. The van der Waals surface area contributed by atoms with Crippen LogP contribution in [0, 0.1) is 5.92 Å². The van der Waals surface area contributed by atoms with Crippen LogP contribution >= 0.6 is 0 Å². The van der Waals surface area contributed by atoms with Gasteiger partial charge in [-0.1, -0.05) is 0 Å². The van der Waals surface area contributed by atoms with Crippen LogP contribution in [0.2, 0.25) is 0 Å². The molecule has 0 bridgehead atoms. The summed E-state index contributed by atoms with van der Waals surface area (Å²) < 4.78 is 16.1. The molecular formula is C10H16O4. The van der Waals surface area contributed by atoms with Gasteiger partial charge in [0.05, 0.1) is 12.7 Å². The van der Waals surface area contributed by atoms with Gasteiger partial charge >= 0.3 is 5.97 Å². The lowest BCUT2D eigenvalue weighted by atomic mass is 10.00. The van der Waals surface area contributed by atoms with Crippen molar-refractivity contribution < 1.29 is 19.0 Å². The molecule has 0 amide bonds. The van der Waals surface area contributed by atoms with Crippen molar-refractivity contribution in [2.24, 2.45) is 5.92 Å². The van der Waals surface area contributed by atoms with Gasteiger partial charge in [0.1, 0.15) is 0 Å². The number of carbonyl (C=O) groups excluding carboxylic acids is 1. The minimum atomic E-state index is -0.101. The van der Waals surface area contributed by atoms with Gasteiger partial charge < -0.3 is 14.2 Å². The summed E-state index contributed by atoms with van der Waals surface area (Å²) in [6.07, 6.45) is 2.16. The van der Waals surface area contributed by atoms with Crippen LogP contribution < -0.4 is 0 Å². The summed E-state index contributed by atoms with van der Waals surface area (Å²) >= 11 is 0. The summed E-state index contributed by atoms with van der Waals surface area (Å²) in [5.41, 5.74) is 0. The smallest absolute Gasteiger partial charge is 0.305 e. The quantitative estimate of drug-likeness (QED) is 0.626. The summed E-state index contributed by atoms with van der Waals surface area (Å²) in [4.78, 5) is 11.0. The Morgan fingerprint density at radius 2 is 2.43 bits per heavy atom. The summed E-state index contributed by atoms with van der Waals surface area (Å²) in [6, 6.07) is 0. The van der Waals surface area contributed by atoms with E-state index in [4.69, 9.17) is 14.2 Å². The van der Waals surface area contributed by atoms with Gasteiger partial charge in [0.15, 0.2) is 6.29 Å². The van der Waals surface area contributed by atoms with E-state index in [0.29, 0.717) is 25.6 Å².